The topological polar surface area (TPSA) is 353 Å². The number of carbonyl (C=O) groups excluding carboxylic acids is 9. The van der Waals surface area contributed by atoms with Gasteiger partial charge in [-0.3, -0.25) is 28.8 Å². The third kappa shape index (κ3) is 22.7. The number of fused-ring (bicyclic) bond motifs is 3. The second kappa shape index (κ2) is 40.6. The number of aromatic nitrogens is 3. The van der Waals surface area contributed by atoms with Crippen molar-refractivity contribution < 1.29 is 57.4 Å². The van der Waals surface area contributed by atoms with Gasteiger partial charge in [-0.2, -0.15) is 0 Å². The smallest absolute Gasteiger partial charge is 0.417 e. The van der Waals surface area contributed by atoms with Crippen molar-refractivity contribution in [2.75, 3.05) is 35.6 Å². The predicted molar refractivity (Wildman–Crippen MR) is 488 cm³/mol. The maximum atomic E-state index is 15.3. The zero-order valence-electron chi connectivity index (χ0n) is 71.9. The predicted octanol–water partition coefficient (Wildman–Crippen LogP) is 18.6. The molecule has 12 N–H and O–H groups in total. The van der Waals surface area contributed by atoms with Crippen molar-refractivity contribution in [1.29, 1.82) is 0 Å². The molecule has 9 aromatic carbocycles. The Morgan fingerprint density at radius 1 is 0.315 bits per heavy atom. The van der Waals surface area contributed by atoms with Gasteiger partial charge in [0.15, 0.2) is 0 Å². The molecule has 644 valence electrons. The van der Waals surface area contributed by atoms with E-state index in [9.17, 15) is 14.4 Å². The maximum Gasteiger partial charge on any atom is 0.417 e. The number of nitrogens with two attached hydrogens (primary N) is 3. The van der Waals surface area contributed by atoms with Crippen molar-refractivity contribution in [3.63, 3.8) is 0 Å². The van der Waals surface area contributed by atoms with Gasteiger partial charge in [0, 0.05) is 55.7 Å². The molecule has 124 heavy (non-hydrogen) atoms. The summed E-state index contributed by atoms with van der Waals surface area (Å²) in [6.07, 6.45) is -1.07. The summed E-state index contributed by atoms with van der Waals surface area (Å²) in [7, 11) is 0. The largest absolute Gasteiger partial charge is 0.443 e. The average Bonchev–Trinajstić information content (AvgIpc) is 1.61. The van der Waals surface area contributed by atoms with Crippen molar-refractivity contribution in [3.05, 3.63) is 270 Å². The van der Waals surface area contributed by atoms with Crippen LogP contribution in [0.25, 0.3) is 66.5 Å². The minimum Gasteiger partial charge on any atom is -0.443 e. The number of hydrogen-bond donors (Lipinski definition) is 9. The van der Waals surface area contributed by atoms with Crippen LogP contribution in [0.3, 0.4) is 0 Å². The molecule has 0 aliphatic rings. The van der Waals surface area contributed by atoms with Crippen molar-refractivity contribution in [2.24, 2.45) is 17.2 Å². The fourth-order valence-corrected chi connectivity index (χ4v) is 15.7. The lowest BCUT2D eigenvalue weighted by Gasteiger charge is -2.32. The molecular formula is C100H112N12O12. The van der Waals surface area contributed by atoms with E-state index in [1.165, 1.54) is 0 Å². The molecule has 0 aliphatic carbocycles. The molecule has 12 rings (SSSR count). The van der Waals surface area contributed by atoms with E-state index in [0.29, 0.717) is 106 Å². The highest BCUT2D eigenvalue weighted by Gasteiger charge is 2.42. The fraction of sp³-hybridized carbons (Fsp3) is 0.310. The number of hydrogen-bond acceptors (Lipinski definition) is 15. The lowest BCUT2D eigenvalue weighted by Crippen LogP contribution is -2.52. The van der Waals surface area contributed by atoms with Crippen LogP contribution in [0.15, 0.2) is 237 Å². The van der Waals surface area contributed by atoms with Crippen LogP contribution < -0.4 is 33.2 Å². The van der Waals surface area contributed by atoms with Crippen LogP contribution >= 0.6 is 0 Å². The molecule has 0 aliphatic heterocycles. The number of benzene rings is 9. The van der Waals surface area contributed by atoms with E-state index >= 15 is 28.8 Å². The molecule has 0 saturated carbocycles. The summed E-state index contributed by atoms with van der Waals surface area (Å²) in [5.41, 5.74) is 26.8. The van der Waals surface area contributed by atoms with E-state index in [1.807, 2.05) is 200 Å². The monoisotopic (exact) mass is 1670 g/mol. The number of H-pyrrole nitrogens is 3. The van der Waals surface area contributed by atoms with Crippen LogP contribution in [0.5, 0.6) is 0 Å². The molecule has 3 aromatic heterocycles. The van der Waals surface area contributed by atoms with Crippen LogP contribution in [0.2, 0.25) is 0 Å². The molecular weight excluding hydrogens is 1560 g/mol. The Morgan fingerprint density at radius 2 is 0.548 bits per heavy atom. The first-order valence-corrected chi connectivity index (χ1v) is 42.4. The van der Waals surface area contributed by atoms with Crippen LogP contribution in [0, 0.1) is 0 Å². The number of rotatable bonds is 33. The molecule has 0 bridgehead atoms. The standard InChI is InChI=1S/C100H112N12O12/c1-98(2,3)122-95(119)110(85(113)61-76-73-37-19-22-40-79(73)107-89(76)67-31-13-10-14-32-67)82(43-25-28-58-101)92(116)104-70-52-46-64(47-53-70)88(65-48-54-71(55-49-65)105-93(117)83(44-26-29-59-102)111(96(120)123-99(4,5)6)86(114)62-77-74-38-20-23-41-80(74)108-90(77)68-33-15-11-16-34-68)66-50-56-72(57-51-66)106-94(118)84(45-27-30-60-103)112(97(121)124-100(7,8)9)87(115)63-78-75-39-21-24-42-81(75)109-91(78)69-35-17-12-18-36-69/h10-24,31-42,46-57,82-84,88,107-109H,25-30,43-45,58-63,101-103H2,1-9H3,(H,104,116)(H,105,117)(H,106,118)/t82-,83-,84-/m0/s1. The first-order chi connectivity index (χ1) is 59.5. The molecule has 3 atom stereocenters. The zero-order chi connectivity index (χ0) is 88.4. The summed E-state index contributed by atoms with van der Waals surface area (Å²) in [5.74, 6) is -4.60. The van der Waals surface area contributed by atoms with Crippen molar-refractivity contribution >= 4 is 103 Å². The number of nitrogens with one attached hydrogen (secondary N) is 6. The number of aromatic amines is 3. The van der Waals surface area contributed by atoms with Gasteiger partial charge in [0.05, 0.1) is 36.3 Å². The zero-order valence-corrected chi connectivity index (χ0v) is 71.9. The molecule has 12 aromatic rings. The minimum atomic E-state index is -1.37. The summed E-state index contributed by atoms with van der Waals surface area (Å²) in [5, 5.41) is 11.4. The first-order valence-electron chi connectivity index (χ1n) is 42.4. The number of imide groups is 3. The second-order valence-corrected chi connectivity index (χ2v) is 34.1. The molecule has 0 spiro atoms. The number of nitrogens with zero attached hydrogens (tertiary/aromatic N) is 3. The third-order valence-electron chi connectivity index (χ3n) is 21.4. The van der Waals surface area contributed by atoms with Crippen LogP contribution in [-0.4, -0.2) is 138 Å². The van der Waals surface area contributed by atoms with E-state index in [2.05, 4.69) is 30.9 Å². The lowest BCUT2D eigenvalue weighted by atomic mass is 9.85. The molecule has 0 saturated heterocycles. The Balaban J connectivity index is 0.885. The molecule has 24 heteroatoms. The van der Waals surface area contributed by atoms with Crippen LogP contribution in [0.1, 0.15) is 159 Å². The number of amides is 9. The molecule has 0 unspecified atom stereocenters. The Bertz CT molecular complexity index is 5170. The van der Waals surface area contributed by atoms with E-state index in [1.54, 1.807) is 98.7 Å². The summed E-state index contributed by atoms with van der Waals surface area (Å²) in [4.78, 5) is 149. The van der Waals surface area contributed by atoms with Gasteiger partial charge >= 0.3 is 18.3 Å². The van der Waals surface area contributed by atoms with E-state index in [-0.39, 0.29) is 58.2 Å². The van der Waals surface area contributed by atoms with Gasteiger partial charge in [-0.05, 0) is 244 Å². The molecule has 0 radical (unpaired) electrons. The van der Waals surface area contributed by atoms with Gasteiger partial charge < -0.3 is 62.3 Å². The number of unbranched alkanes of at least 4 members (excludes halogenated alkanes) is 3. The molecule has 3 heterocycles. The Hall–Kier alpha value is -13.3. The number of carbonyl (C=O) groups is 9. The van der Waals surface area contributed by atoms with E-state index in [0.717, 1.165) is 64.1 Å². The molecule has 0 fully saturated rings. The molecule has 24 nitrogen and oxygen atoms in total. The van der Waals surface area contributed by atoms with Gasteiger partial charge in [-0.25, -0.2) is 29.1 Å². The second-order valence-electron chi connectivity index (χ2n) is 34.1. The maximum absolute atomic E-state index is 15.3. The number of anilines is 3. The van der Waals surface area contributed by atoms with Crippen molar-refractivity contribution in [1.82, 2.24) is 29.7 Å². The summed E-state index contributed by atoms with van der Waals surface area (Å²) < 4.78 is 17.9. The summed E-state index contributed by atoms with van der Waals surface area (Å²) >= 11 is 0. The Labute approximate surface area is 723 Å². The highest BCUT2D eigenvalue weighted by atomic mass is 16.6. The quantitative estimate of drug-likeness (QED) is 0.0105. The van der Waals surface area contributed by atoms with Crippen molar-refractivity contribution in [2.45, 2.75) is 180 Å². The normalized spacial score (nSPS) is 12.5. The lowest BCUT2D eigenvalue weighted by molar-refractivity contribution is -0.137. The highest BCUT2D eigenvalue weighted by Crippen LogP contribution is 2.39. The average molecular weight is 1670 g/mol. The van der Waals surface area contributed by atoms with Crippen LogP contribution in [-0.2, 0) is 62.2 Å². The highest BCUT2D eigenvalue weighted by molar-refractivity contribution is 6.08. The SMILES string of the molecule is CC(C)(C)OC(=O)N(C(=O)Cc1c(-c2ccccc2)[nH]c2ccccc12)[C@@H](CCCCN)C(=O)Nc1ccc(C(c2ccc(NC(=O)[C@H](CCCCN)N(C(=O)Cc3c(-c4ccccc4)[nH]c4ccccc34)C(=O)OC(C)(C)C)cc2)c2ccc(NC(=O)[C@H](CCCCN)N(C(=O)Cc3c(-c4ccccc4)[nH]c4ccccc34)C(=O)OC(C)(C)C)cc2)cc1. The van der Waals surface area contributed by atoms with E-state index < -0.39 is 94.6 Å². The van der Waals surface area contributed by atoms with Gasteiger partial charge in [-0.1, -0.05) is 182 Å². The Morgan fingerprint density at radius 3 is 0.782 bits per heavy atom. The Kier molecular flexibility index (Phi) is 29.5. The van der Waals surface area contributed by atoms with Crippen molar-refractivity contribution in [3.8, 4) is 33.8 Å². The number of para-hydroxylation sites is 3. The summed E-state index contributed by atoms with van der Waals surface area (Å²) in [6.45, 7) is 16.1. The minimum absolute atomic E-state index is 0.0497. The number of ether oxygens (including phenoxy) is 3. The summed E-state index contributed by atoms with van der Waals surface area (Å²) in [6, 6.07) is 68.5. The van der Waals surface area contributed by atoms with Crippen LogP contribution in [0.4, 0.5) is 31.4 Å². The van der Waals surface area contributed by atoms with Gasteiger partial charge in [-0.15, -0.1) is 0 Å². The van der Waals surface area contributed by atoms with Gasteiger partial charge in [0.2, 0.25) is 35.4 Å². The van der Waals surface area contributed by atoms with Gasteiger partial charge in [0.25, 0.3) is 0 Å². The first kappa shape index (κ1) is 90.0. The van der Waals surface area contributed by atoms with Gasteiger partial charge in [0.1, 0.15) is 34.9 Å². The fourth-order valence-electron chi connectivity index (χ4n) is 15.7. The van der Waals surface area contributed by atoms with E-state index in [4.69, 9.17) is 31.4 Å². The third-order valence-corrected chi connectivity index (χ3v) is 21.4. The molecule has 9 amide bonds.